The van der Waals surface area contributed by atoms with Crippen molar-refractivity contribution in [3.63, 3.8) is 0 Å². The number of aldehydes is 1. The van der Waals surface area contributed by atoms with Crippen LogP contribution in [0, 0.1) is 11.3 Å². The SMILES string of the molecule is N=c1ccc2c(-c3cc(S(N)(=O)=O)ccc3C(C=O)N3CCC(C(=O)ON4C(=O)CCC4=O)CC3)c3ccc(N)cc3oc-2c1. The number of rotatable bonds is 7. The van der Waals surface area contributed by atoms with Gasteiger partial charge in [0.2, 0.25) is 10.0 Å². The molecule has 3 heterocycles. The number of likely N-dealkylation sites (tertiary alicyclic amines) is 1. The second-order valence-corrected chi connectivity index (χ2v) is 12.7. The van der Waals surface area contributed by atoms with Gasteiger partial charge >= 0.3 is 5.97 Å². The maximum atomic E-state index is 12.8. The molecule has 2 saturated heterocycles. The monoisotopic (exact) mass is 631 g/mol. The Labute approximate surface area is 257 Å². The number of imide groups is 1. The molecule has 1 aliphatic carbocycles. The Morgan fingerprint density at radius 2 is 1.71 bits per heavy atom. The number of nitrogens with two attached hydrogens (primary N) is 2. The minimum absolute atomic E-state index is 0.00408. The second-order valence-electron chi connectivity index (χ2n) is 11.1. The van der Waals surface area contributed by atoms with Gasteiger partial charge < -0.3 is 25.2 Å². The van der Waals surface area contributed by atoms with Gasteiger partial charge in [-0.3, -0.25) is 14.5 Å². The van der Waals surface area contributed by atoms with Crippen LogP contribution in [0.2, 0.25) is 0 Å². The molecule has 0 bridgehead atoms. The molecular formula is C31H29N5O8S. The Hall–Kier alpha value is -4.92. The van der Waals surface area contributed by atoms with Crippen LogP contribution in [0.4, 0.5) is 5.69 Å². The molecule has 14 heteroatoms. The van der Waals surface area contributed by atoms with Crippen LogP contribution in [0.25, 0.3) is 33.4 Å². The van der Waals surface area contributed by atoms with Crippen molar-refractivity contribution in [1.29, 1.82) is 5.41 Å². The van der Waals surface area contributed by atoms with Crippen LogP contribution in [0.1, 0.15) is 37.3 Å². The number of nitrogens with zero attached hydrogens (tertiary/aromatic N) is 2. The number of amides is 2. The summed E-state index contributed by atoms with van der Waals surface area (Å²) in [7, 11) is -4.14. The fourth-order valence-corrected chi connectivity index (χ4v) is 6.52. The molecule has 1 unspecified atom stereocenters. The zero-order valence-corrected chi connectivity index (χ0v) is 24.7. The summed E-state index contributed by atoms with van der Waals surface area (Å²) in [6.45, 7) is 0.595. The van der Waals surface area contributed by atoms with Crippen LogP contribution in [-0.4, -0.2) is 55.5 Å². The summed E-state index contributed by atoms with van der Waals surface area (Å²) in [4.78, 5) is 56.2. The first-order chi connectivity index (χ1) is 21.4. The number of carbonyl (C=O) groups excluding carboxylic acids is 4. The normalized spacial score (nSPS) is 17.2. The molecule has 2 fully saturated rings. The lowest BCUT2D eigenvalue weighted by molar-refractivity contribution is -0.201. The van der Waals surface area contributed by atoms with E-state index in [1.807, 2.05) is 4.90 Å². The van der Waals surface area contributed by atoms with E-state index < -0.39 is 39.8 Å². The number of nitrogens with one attached hydrogen (secondary N) is 1. The number of hydrogen-bond donors (Lipinski definition) is 3. The highest BCUT2D eigenvalue weighted by Gasteiger charge is 2.37. The van der Waals surface area contributed by atoms with E-state index in [4.69, 9.17) is 25.5 Å². The van der Waals surface area contributed by atoms with Gasteiger partial charge in [-0.1, -0.05) is 6.07 Å². The van der Waals surface area contributed by atoms with Crippen LogP contribution in [-0.2, 0) is 34.0 Å². The van der Waals surface area contributed by atoms with Crippen molar-refractivity contribution >= 4 is 50.7 Å². The molecule has 1 atom stereocenters. The summed E-state index contributed by atoms with van der Waals surface area (Å²) < 4.78 is 31.1. The number of hydrogen-bond acceptors (Lipinski definition) is 11. The molecule has 3 aliphatic heterocycles. The lowest BCUT2D eigenvalue weighted by atomic mass is 9.87. The fourth-order valence-electron chi connectivity index (χ4n) is 5.98. The van der Waals surface area contributed by atoms with E-state index in [2.05, 4.69) is 0 Å². The third-order valence-corrected chi connectivity index (χ3v) is 9.17. The van der Waals surface area contributed by atoms with Gasteiger partial charge in [-0.25, -0.2) is 18.4 Å². The van der Waals surface area contributed by atoms with Gasteiger partial charge in [-0.15, -0.1) is 5.06 Å². The summed E-state index contributed by atoms with van der Waals surface area (Å²) in [5.41, 5.74) is 8.92. The molecule has 232 valence electrons. The first kappa shape index (κ1) is 30.1. The van der Waals surface area contributed by atoms with Crippen LogP contribution in [0.3, 0.4) is 0 Å². The first-order valence-corrected chi connectivity index (χ1v) is 15.7. The lowest BCUT2D eigenvalue weighted by Crippen LogP contribution is -2.42. The van der Waals surface area contributed by atoms with Gasteiger partial charge in [0.1, 0.15) is 17.6 Å². The van der Waals surface area contributed by atoms with E-state index in [0.29, 0.717) is 75.7 Å². The van der Waals surface area contributed by atoms with Crippen molar-refractivity contribution in [3.8, 4) is 22.5 Å². The van der Waals surface area contributed by atoms with Gasteiger partial charge in [-0.2, -0.15) is 0 Å². The average Bonchev–Trinajstić information content (AvgIpc) is 3.32. The number of sulfonamides is 1. The lowest BCUT2D eigenvalue weighted by Gasteiger charge is -2.35. The van der Waals surface area contributed by atoms with Crippen molar-refractivity contribution in [2.45, 2.75) is 36.6 Å². The van der Waals surface area contributed by atoms with Crippen molar-refractivity contribution < 1.29 is 36.9 Å². The zero-order chi connectivity index (χ0) is 32.0. The smallest absolute Gasteiger partial charge is 0.336 e. The second kappa shape index (κ2) is 11.5. The predicted octanol–water partition coefficient (Wildman–Crippen LogP) is 2.47. The van der Waals surface area contributed by atoms with Gasteiger partial charge in [0.25, 0.3) is 11.8 Å². The maximum Gasteiger partial charge on any atom is 0.336 e. The van der Waals surface area contributed by atoms with E-state index in [1.54, 1.807) is 36.4 Å². The number of nitrogen functional groups attached to an aromatic ring is 1. The number of primary sulfonamides is 1. The number of hydroxylamine groups is 2. The van der Waals surface area contributed by atoms with Crippen LogP contribution < -0.4 is 16.2 Å². The average molecular weight is 632 g/mol. The van der Waals surface area contributed by atoms with Gasteiger partial charge in [0.05, 0.1) is 22.2 Å². The third kappa shape index (κ3) is 5.70. The Kier molecular flexibility index (Phi) is 7.72. The molecular weight excluding hydrogens is 602 g/mol. The number of benzene rings is 3. The summed E-state index contributed by atoms with van der Waals surface area (Å²) in [6.07, 6.45) is 1.34. The van der Waals surface area contributed by atoms with Crippen molar-refractivity contribution in [3.05, 3.63) is 65.5 Å². The molecule has 0 radical (unpaired) electrons. The van der Waals surface area contributed by atoms with E-state index in [9.17, 15) is 27.6 Å². The minimum atomic E-state index is -4.14. The topological polar surface area (TPSA) is 207 Å². The molecule has 0 aromatic heterocycles. The molecule has 4 aliphatic rings. The highest BCUT2D eigenvalue weighted by atomic mass is 32.2. The quantitative estimate of drug-likeness (QED) is 0.117. The number of fused-ring (bicyclic) bond motifs is 2. The summed E-state index contributed by atoms with van der Waals surface area (Å²) in [5, 5.41) is 15.0. The molecule has 0 spiro atoms. The Balaban J connectivity index is 1.40. The molecule has 0 saturated carbocycles. The summed E-state index contributed by atoms with van der Waals surface area (Å²) in [6, 6.07) is 13.3. The maximum absolute atomic E-state index is 12.8. The number of anilines is 1. The van der Waals surface area contributed by atoms with E-state index in [1.165, 1.54) is 18.2 Å². The summed E-state index contributed by atoms with van der Waals surface area (Å²) >= 11 is 0. The van der Waals surface area contributed by atoms with Crippen molar-refractivity contribution in [1.82, 2.24) is 9.96 Å². The van der Waals surface area contributed by atoms with Gasteiger partial charge in [-0.05, 0) is 73.5 Å². The molecule has 2 aromatic carbocycles. The largest absolute Gasteiger partial charge is 0.456 e. The number of piperidine rings is 1. The first-order valence-electron chi connectivity index (χ1n) is 14.2. The fraction of sp³-hybridized carbons (Fsp3) is 0.258. The van der Waals surface area contributed by atoms with Crippen LogP contribution in [0.5, 0.6) is 0 Å². The number of carbonyl (C=O) groups is 4. The van der Waals surface area contributed by atoms with E-state index >= 15 is 0 Å². The van der Waals surface area contributed by atoms with Crippen LogP contribution >= 0.6 is 0 Å². The summed E-state index contributed by atoms with van der Waals surface area (Å²) in [5.74, 6) is -2.03. The zero-order valence-electron chi connectivity index (χ0n) is 23.9. The molecule has 6 rings (SSSR count). The molecule has 13 nitrogen and oxygen atoms in total. The molecule has 2 aromatic rings. The Morgan fingerprint density at radius 1 is 1.00 bits per heavy atom. The molecule has 5 N–H and O–H groups in total. The minimum Gasteiger partial charge on any atom is -0.456 e. The molecule has 2 amide bonds. The highest BCUT2D eigenvalue weighted by molar-refractivity contribution is 7.89. The van der Waals surface area contributed by atoms with E-state index in [-0.39, 0.29) is 23.1 Å². The third-order valence-electron chi connectivity index (χ3n) is 8.26. The van der Waals surface area contributed by atoms with Crippen LogP contribution in [0.15, 0.2) is 63.9 Å². The molecule has 45 heavy (non-hydrogen) atoms. The van der Waals surface area contributed by atoms with Gasteiger partial charge in [0, 0.05) is 47.2 Å². The Bertz CT molecular complexity index is 2000. The van der Waals surface area contributed by atoms with Crippen molar-refractivity contribution in [2.24, 2.45) is 11.1 Å². The van der Waals surface area contributed by atoms with E-state index in [0.717, 1.165) is 6.29 Å². The van der Waals surface area contributed by atoms with Crippen molar-refractivity contribution in [2.75, 3.05) is 18.8 Å². The standard InChI is InChI=1S/C31H29N5O8S/c32-18-1-4-22-26(13-18)43-27-14-19(33)2-5-23(27)30(22)24-15-20(45(34,41)42)3-6-21(24)25(16-37)35-11-9-17(10-12-35)31(40)44-36-28(38)7-8-29(36)39/h1-6,13-17,25,32H,7-12,33H2,(H2,34,41,42). The Morgan fingerprint density at radius 3 is 2.38 bits per heavy atom. The predicted molar refractivity (Wildman–Crippen MR) is 160 cm³/mol. The highest BCUT2D eigenvalue weighted by Crippen LogP contribution is 2.44. The van der Waals surface area contributed by atoms with Gasteiger partial charge in [0.15, 0.2) is 0 Å².